The maximum absolute atomic E-state index is 12.9. The van der Waals surface area contributed by atoms with Crippen LogP contribution in [-0.2, 0) is 11.3 Å². The number of hydrogen-bond acceptors (Lipinski definition) is 3. The van der Waals surface area contributed by atoms with Gasteiger partial charge in [-0.05, 0) is 63.4 Å². The highest BCUT2D eigenvalue weighted by Gasteiger charge is 2.27. The van der Waals surface area contributed by atoms with Crippen molar-refractivity contribution in [3.8, 4) is 0 Å². The van der Waals surface area contributed by atoms with E-state index in [0.717, 1.165) is 58.4 Å². The molecule has 0 aromatic heterocycles. The van der Waals surface area contributed by atoms with Crippen LogP contribution in [0.3, 0.4) is 0 Å². The van der Waals surface area contributed by atoms with E-state index in [1.165, 1.54) is 11.1 Å². The normalized spacial score (nSPS) is 17.8. The first-order valence-electron chi connectivity index (χ1n) is 11.1. The van der Waals surface area contributed by atoms with Gasteiger partial charge >= 0.3 is 0 Å². The van der Waals surface area contributed by atoms with Gasteiger partial charge in [0.2, 0.25) is 5.91 Å². The lowest BCUT2D eigenvalue weighted by atomic mass is 9.95. The fourth-order valence-electron chi connectivity index (χ4n) is 4.41. The lowest BCUT2D eigenvalue weighted by molar-refractivity contribution is -0.121. The monoisotopic (exact) mass is 405 g/mol. The van der Waals surface area contributed by atoms with Crippen LogP contribution in [0.2, 0.25) is 0 Å². The number of aryl methyl sites for hydroxylation is 1. The van der Waals surface area contributed by atoms with Crippen molar-refractivity contribution in [2.75, 3.05) is 31.5 Å². The molecule has 30 heavy (non-hydrogen) atoms. The molecule has 0 atom stereocenters. The largest absolute Gasteiger partial charge is 0.339 e. The van der Waals surface area contributed by atoms with E-state index in [-0.39, 0.29) is 17.7 Å². The van der Waals surface area contributed by atoms with Crippen LogP contribution >= 0.6 is 0 Å². The summed E-state index contributed by atoms with van der Waals surface area (Å²) in [5.41, 5.74) is 3.83. The van der Waals surface area contributed by atoms with Crippen molar-refractivity contribution in [2.24, 2.45) is 5.92 Å². The van der Waals surface area contributed by atoms with Crippen LogP contribution in [0.1, 0.15) is 47.2 Å². The fraction of sp³-hybridized carbons (Fsp3) is 0.440. The van der Waals surface area contributed by atoms with E-state index in [2.05, 4.69) is 41.4 Å². The molecule has 0 saturated carbocycles. The molecule has 2 saturated heterocycles. The molecule has 2 aromatic carbocycles. The molecule has 2 heterocycles. The summed E-state index contributed by atoms with van der Waals surface area (Å²) in [5, 5.41) is 3.05. The molecule has 0 radical (unpaired) electrons. The first-order chi connectivity index (χ1) is 14.6. The predicted molar refractivity (Wildman–Crippen MR) is 119 cm³/mol. The number of nitrogens with zero attached hydrogens (tertiary/aromatic N) is 2. The van der Waals surface area contributed by atoms with Gasteiger partial charge < -0.3 is 10.2 Å². The number of para-hydroxylation sites is 1. The summed E-state index contributed by atoms with van der Waals surface area (Å²) in [7, 11) is 0. The standard InChI is InChI=1S/C25H31N3O2/c1-19-8-10-20(11-9-19)18-27-16-12-21(13-17-27)24(29)26-23-7-3-2-6-22(23)25(30)28-14-4-5-15-28/h2-3,6-11,21H,4-5,12-18H2,1H3,(H,26,29). The van der Waals surface area contributed by atoms with E-state index in [9.17, 15) is 9.59 Å². The summed E-state index contributed by atoms with van der Waals surface area (Å²) < 4.78 is 0. The lowest BCUT2D eigenvalue weighted by Gasteiger charge is -2.31. The Morgan fingerprint density at radius 1 is 0.933 bits per heavy atom. The molecule has 2 fully saturated rings. The van der Waals surface area contributed by atoms with Crippen molar-refractivity contribution in [3.63, 3.8) is 0 Å². The van der Waals surface area contributed by atoms with E-state index >= 15 is 0 Å². The smallest absolute Gasteiger partial charge is 0.255 e. The van der Waals surface area contributed by atoms with Gasteiger partial charge in [0.15, 0.2) is 0 Å². The third kappa shape index (κ3) is 4.90. The van der Waals surface area contributed by atoms with Crippen LogP contribution in [0.4, 0.5) is 5.69 Å². The summed E-state index contributed by atoms with van der Waals surface area (Å²) in [6.07, 6.45) is 3.81. The number of benzene rings is 2. The highest BCUT2D eigenvalue weighted by atomic mass is 16.2. The van der Waals surface area contributed by atoms with Crippen molar-refractivity contribution in [3.05, 3.63) is 65.2 Å². The topological polar surface area (TPSA) is 52.7 Å². The second kappa shape index (κ2) is 9.43. The molecule has 2 amide bonds. The summed E-state index contributed by atoms with van der Waals surface area (Å²) in [6, 6.07) is 16.1. The Hall–Kier alpha value is -2.66. The third-order valence-corrected chi connectivity index (χ3v) is 6.29. The number of hydrogen-bond donors (Lipinski definition) is 1. The number of likely N-dealkylation sites (tertiary alicyclic amines) is 2. The zero-order valence-corrected chi connectivity index (χ0v) is 17.8. The minimum absolute atomic E-state index is 0.00536. The van der Waals surface area contributed by atoms with Crippen LogP contribution in [0, 0.1) is 12.8 Å². The Labute approximate surface area is 179 Å². The molecule has 5 heteroatoms. The minimum atomic E-state index is -0.00536. The first kappa shape index (κ1) is 20.6. The van der Waals surface area contributed by atoms with Gasteiger partial charge in [0.1, 0.15) is 0 Å². The van der Waals surface area contributed by atoms with Gasteiger partial charge in [-0.3, -0.25) is 14.5 Å². The average Bonchev–Trinajstić information content (AvgIpc) is 3.31. The molecule has 5 nitrogen and oxygen atoms in total. The van der Waals surface area contributed by atoms with E-state index < -0.39 is 0 Å². The van der Waals surface area contributed by atoms with E-state index in [4.69, 9.17) is 0 Å². The maximum atomic E-state index is 12.9. The van der Waals surface area contributed by atoms with E-state index in [0.29, 0.717) is 11.3 Å². The van der Waals surface area contributed by atoms with Crippen molar-refractivity contribution >= 4 is 17.5 Å². The van der Waals surface area contributed by atoms with Crippen LogP contribution < -0.4 is 5.32 Å². The Bertz CT molecular complexity index is 880. The quantitative estimate of drug-likeness (QED) is 0.815. The number of amides is 2. The zero-order chi connectivity index (χ0) is 20.9. The molecule has 4 rings (SSSR count). The van der Waals surface area contributed by atoms with E-state index in [1.54, 1.807) is 0 Å². The number of nitrogens with one attached hydrogen (secondary N) is 1. The summed E-state index contributed by atoms with van der Waals surface area (Å²) in [4.78, 5) is 30.0. The average molecular weight is 406 g/mol. The van der Waals surface area contributed by atoms with Crippen LogP contribution in [0.25, 0.3) is 0 Å². The molecule has 0 aliphatic carbocycles. The Morgan fingerprint density at radius 2 is 1.60 bits per heavy atom. The van der Waals surface area contributed by atoms with Crippen LogP contribution in [0.5, 0.6) is 0 Å². The molecule has 2 aliphatic heterocycles. The number of carbonyl (C=O) groups is 2. The molecule has 158 valence electrons. The van der Waals surface area contributed by atoms with Gasteiger partial charge in [-0.1, -0.05) is 42.0 Å². The lowest BCUT2D eigenvalue weighted by Crippen LogP contribution is -2.38. The molecule has 2 aromatic rings. The van der Waals surface area contributed by atoms with Crippen molar-refractivity contribution in [2.45, 2.75) is 39.2 Å². The van der Waals surface area contributed by atoms with Gasteiger partial charge in [0.25, 0.3) is 5.91 Å². The van der Waals surface area contributed by atoms with Crippen LogP contribution in [0.15, 0.2) is 48.5 Å². The highest BCUT2D eigenvalue weighted by molar-refractivity contribution is 6.04. The van der Waals surface area contributed by atoms with Gasteiger partial charge in [-0.2, -0.15) is 0 Å². The zero-order valence-electron chi connectivity index (χ0n) is 17.8. The minimum Gasteiger partial charge on any atom is -0.339 e. The molecule has 0 bridgehead atoms. The number of anilines is 1. The van der Waals surface area contributed by atoms with Gasteiger partial charge in [-0.25, -0.2) is 0 Å². The predicted octanol–water partition coefficient (Wildman–Crippen LogP) is 4.08. The second-order valence-corrected chi connectivity index (χ2v) is 8.57. The highest BCUT2D eigenvalue weighted by Crippen LogP contribution is 2.24. The van der Waals surface area contributed by atoms with Crippen LogP contribution in [-0.4, -0.2) is 47.8 Å². The molecular weight excluding hydrogens is 374 g/mol. The summed E-state index contributed by atoms with van der Waals surface area (Å²) >= 11 is 0. The second-order valence-electron chi connectivity index (χ2n) is 8.57. The molecule has 0 spiro atoms. The summed E-state index contributed by atoms with van der Waals surface area (Å²) in [6.45, 7) is 6.48. The number of piperidine rings is 1. The van der Waals surface area contributed by atoms with Gasteiger partial charge in [0.05, 0.1) is 11.3 Å². The first-order valence-corrected chi connectivity index (χ1v) is 11.1. The third-order valence-electron chi connectivity index (χ3n) is 6.29. The summed E-state index contributed by atoms with van der Waals surface area (Å²) in [5.74, 6) is 0.0530. The van der Waals surface area contributed by atoms with Crippen molar-refractivity contribution < 1.29 is 9.59 Å². The fourth-order valence-corrected chi connectivity index (χ4v) is 4.41. The van der Waals surface area contributed by atoms with Crippen molar-refractivity contribution in [1.29, 1.82) is 0 Å². The Kier molecular flexibility index (Phi) is 6.48. The maximum Gasteiger partial charge on any atom is 0.255 e. The Morgan fingerprint density at radius 3 is 2.30 bits per heavy atom. The Balaban J connectivity index is 1.33. The number of carbonyl (C=O) groups excluding carboxylic acids is 2. The van der Waals surface area contributed by atoms with Crippen molar-refractivity contribution in [1.82, 2.24) is 9.80 Å². The number of rotatable bonds is 5. The van der Waals surface area contributed by atoms with Gasteiger partial charge in [-0.15, -0.1) is 0 Å². The molecule has 1 N–H and O–H groups in total. The molecular formula is C25H31N3O2. The molecule has 0 unspecified atom stereocenters. The SMILES string of the molecule is Cc1ccc(CN2CCC(C(=O)Nc3ccccc3C(=O)N3CCCC3)CC2)cc1. The van der Waals surface area contributed by atoms with Gasteiger partial charge in [0, 0.05) is 25.6 Å². The van der Waals surface area contributed by atoms with E-state index in [1.807, 2.05) is 29.2 Å². The molecule has 2 aliphatic rings.